The first-order valence-corrected chi connectivity index (χ1v) is 6.51. The van der Waals surface area contributed by atoms with Crippen molar-refractivity contribution in [2.24, 2.45) is 11.1 Å². The molecule has 0 aliphatic heterocycles. The summed E-state index contributed by atoms with van der Waals surface area (Å²) in [5.74, 6) is -0.193. The molecule has 0 unspecified atom stereocenters. The summed E-state index contributed by atoms with van der Waals surface area (Å²) in [5, 5.41) is 5.56. The maximum absolute atomic E-state index is 12.0. The van der Waals surface area contributed by atoms with Crippen LogP contribution in [0.1, 0.15) is 30.1 Å². The zero-order valence-corrected chi connectivity index (χ0v) is 11.0. The van der Waals surface area contributed by atoms with E-state index >= 15 is 0 Å². The Kier molecular flexibility index (Phi) is 3.85. The smallest absolute Gasteiger partial charge is 0.251 e. The van der Waals surface area contributed by atoms with Crippen LogP contribution in [0.2, 0.25) is 0 Å². The van der Waals surface area contributed by atoms with Gasteiger partial charge in [-0.25, -0.2) is 0 Å². The summed E-state index contributed by atoms with van der Waals surface area (Å²) in [6, 6.07) is 6.92. The van der Waals surface area contributed by atoms with E-state index in [1.54, 1.807) is 24.3 Å². The molecule has 1 aromatic carbocycles. The predicted octanol–water partition coefficient (Wildman–Crippen LogP) is 1.11. The molecule has 0 spiro atoms. The van der Waals surface area contributed by atoms with Crippen molar-refractivity contribution in [2.75, 3.05) is 18.4 Å². The van der Waals surface area contributed by atoms with E-state index in [9.17, 15) is 9.59 Å². The first-order chi connectivity index (χ1) is 9.11. The highest BCUT2D eigenvalue weighted by atomic mass is 16.2. The van der Waals surface area contributed by atoms with Crippen LogP contribution in [0.15, 0.2) is 24.3 Å². The van der Waals surface area contributed by atoms with Crippen LogP contribution >= 0.6 is 0 Å². The van der Waals surface area contributed by atoms with Gasteiger partial charge in [-0.2, -0.15) is 0 Å². The van der Waals surface area contributed by atoms with Crippen molar-refractivity contribution in [3.8, 4) is 0 Å². The van der Waals surface area contributed by atoms with Crippen molar-refractivity contribution in [3.63, 3.8) is 0 Å². The maximum Gasteiger partial charge on any atom is 0.251 e. The standard InChI is InChI=1S/C14H19N3O2/c1-2-16-12(18)10-4-3-5-11(8-10)17-13(19)14(9-15)6-7-14/h3-5,8H,2,6-7,9,15H2,1H3,(H,16,18)(H,17,19). The van der Waals surface area contributed by atoms with Gasteiger partial charge in [0.2, 0.25) is 5.91 Å². The average molecular weight is 261 g/mol. The fourth-order valence-electron chi connectivity index (χ4n) is 1.94. The van der Waals surface area contributed by atoms with Gasteiger partial charge in [0.25, 0.3) is 5.91 Å². The molecule has 0 heterocycles. The molecule has 1 fully saturated rings. The van der Waals surface area contributed by atoms with E-state index in [0.717, 1.165) is 12.8 Å². The normalized spacial score (nSPS) is 15.7. The highest BCUT2D eigenvalue weighted by molar-refractivity contribution is 5.99. The zero-order chi connectivity index (χ0) is 13.9. The fraction of sp³-hybridized carbons (Fsp3) is 0.429. The second-order valence-corrected chi connectivity index (χ2v) is 4.88. The molecule has 2 rings (SSSR count). The summed E-state index contributed by atoms with van der Waals surface area (Å²) < 4.78 is 0. The Labute approximate surface area is 112 Å². The third-order valence-electron chi connectivity index (χ3n) is 3.45. The van der Waals surface area contributed by atoms with Crippen molar-refractivity contribution in [2.45, 2.75) is 19.8 Å². The minimum absolute atomic E-state index is 0.0527. The Bertz CT molecular complexity index is 495. The Balaban J connectivity index is 2.07. The largest absolute Gasteiger partial charge is 0.352 e. The molecule has 1 aliphatic carbocycles. The van der Waals surface area contributed by atoms with Crippen LogP contribution < -0.4 is 16.4 Å². The molecular formula is C14H19N3O2. The van der Waals surface area contributed by atoms with Crippen LogP contribution in [0.3, 0.4) is 0 Å². The number of anilines is 1. The van der Waals surface area contributed by atoms with Crippen molar-refractivity contribution < 1.29 is 9.59 Å². The number of amides is 2. The lowest BCUT2D eigenvalue weighted by Gasteiger charge is -2.13. The summed E-state index contributed by atoms with van der Waals surface area (Å²) in [7, 11) is 0. The van der Waals surface area contributed by atoms with Crippen LogP contribution in [0, 0.1) is 5.41 Å². The van der Waals surface area contributed by atoms with E-state index < -0.39 is 0 Å². The van der Waals surface area contributed by atoms with Crippen LogP contribution in [-0.4, -0.2) is 24.9 Å². The molecule has 2 amide bonds. The summed E-state index contributed by atoms with van der Waals surface area (Å²) in [4.78, 5) is 23.7. The summed E-state index contributed by atoms with van der Waals surface area (Å²) in [6.07, 6.45) is 1.68. The maximum atomic E-state index is 12.0. The molecule has 102 valence electrons. The molecule has 1 aromatic rings. The number of nitrogens with two attached hydrogens (primary N) is 1. The van der Waals surface area contributed by atoms with E-state index in [-0.39, 0.29) is 17.2 Å². The third-order valence-corrected chi connectivity index (χ3v) is 3.45. The minimum Gasteiger partial charge on any atom is -0.352 e. The van der Waals surface area contributed by atoms with Gasteiger partial charge in [-0.05, 0) is 38.0 Å². The Morgan fingerprint density at radius 3 is 2.68 bits per heavy atom. The lowest BCUT2D eigenvalue weighted by Crippen LogP contribution is -2.31. The number of hydrogen-bond donors (Lipinski definition) is 3. The van der Waals surface area contributed by atoms with Gasteiger partial charge in [-0.3, -0.25) is 9.59 Å². The molecule has 0 radical (unpaired) electrons. The second-order valence-electron chi connectivity index (χ2n) is 4.88. The lowest BCUT2D eigenvalue weighted by molar-refractivity contribution is -0.120. The van der Waals surface area contributed by atoms with Crippen molar-refractivity contribution in [1.29, 1.82) is 0 Å². The van der Waals surface area contributed by atoms with Crippen LogP contribution in [0.25, 0.3) is 0 Å². The number of rotatable bonds is 5. The molecule has 4 N–H and O–H groups in total. The van der Waals surface area contributed by atoms with Crippen LogP contribution in [0.4, 0.5) is 5.69 Å². The number of carbonyl (C=O) groups excluding carboxylic acids is 2. The molecule has 5 nitrogen and oxygen atoms in total. The van der Waals surface area contributed by atoms with Gasteiger partial charge in [0, 0.05) is 24.3 Å². The molecular weight excluding hydrogens is 242 g/mol. The molecule has 0 atom stereocenters. The van der Waals surface area contributed by atoms with Gasteiger partial charge in [0.05, 0.1) is 5.41 Å². The van der Waals surface area contributed by atoms with Gasteiger partial charge < -0.3 is 16.4 Å². The Hall–Kier alpha value is -1.88. The summed E-state index contributed by atoms with van der Waals surface area (Å²) in [6.45, 7) is 2.81. The lowest BCUT2D eigenvalue weighted by atomic mass is 10.1. The second kappa shape index (κ2) is 5.40. The first kappa shape index (κ1) is 13.5. The highest BCUT2D eigenvalue weighted by Crippen LogP contribution is 2.45. The number of carbonyl (C=O) groups is 2. The SMILES string of the molecule is CCNC(=O)c1cccc(NC(=O)C2(CN)CC2)c1. The van der Waals surface area contributed by atoms with E-state index in [0.29, 0.717) is 24.3 Å². The van der Waals surface area contributed by atoms with Gasteiger partial charge in [-0.1, -0.05) is 6.07 Å². The number of nitrogens with one attached hydrogen (secondary N) is 2. The zero-order valence-electron chi connectivity index (χ0n) is 11.0. The van der Waals surface area contributed by atoms with Crippen LogP contribution in [0.5, 0.6) is 0 Å². The highest BCUT2D eigenvalue weighted by Gasteiger charge is 2.48. The third kappa shape index (κ3) is 2.93. The molecule has 1 saturated carbocycles. The minimum atomic E-state index is -0.387. The van der Waals surface area contributed by atoms with Gasteiger partial charge >= 0.3 is 0 Å². The Morgan fingerprint density at radius 1 is 1.37 bits per heavy atom. The van der Waals surface area contributed by atoms with E-state index in [1.165, 1.54) is 0 Å². The monoisotopic (exact) mass is 261 g/mol. The van der Waals surface area contributed by atoms with Gasteiger partial charge in [-0.15, -0.1) is 0 Å². The Morgan fingerprint density at radius 2 is 2.11 bits per heavy atom. The molecule has 19 heavy (non-hydrogen) atoms. The van der Waals surface area contributed by atoms with Crippen molar-refractivity contribution in [3.05, 3.63) is 29.8 Å². The topological polar surface area (TPSA) is 84.2 Å². The van der Waals surface area contributed by atoms with Crippen molar-refractivity contribution >= 4 is 17.5 Å². The van der Waals surface area contributed by atoms with Crippen LogP contribution in [-0.2, 0) is 4.79 Å². The number of benzene rings is 1. The van der Waals surface area contributed by atoms with Gasteiger partial charge in [0.15, 0.2) is 0 Å². The van der Waals surface area contributed by atoms with Crippen molar-refractivity contribution in [1.82, 2.24) is 5.32 Å². The first-order valence-electron chi connectivity index (χ1n) is 6.51. The molecule has 1 aliphatic rings. The molecule has 5 heteroatoms. The fourth-order valence-corrected chi connectivity index (χ4v) is 1.94. The van der Waals surface area contributed by atoms with Gasteiger partial charge in [0.1, 0.15) is 0 Å². The summed E-state index contributed by atoms with van der Waals surface area (Å²) >= 11 is 0. The molecule has 0 bridgehead atoms. The number of hydrogen-bond acceptors (Lipinski definition) is 3. The molecule has 0 saturated heterocycles. The molecule has 0 aromatic heterocycles. The summed E-state index contributed by atoms with van der Waals surface area (Å²) in [5.41, 5.74) is 6.40. The average Bonchev–Trinajstić information content (AvgIpc) is 3.20. The quantitative estimate of drug-likeness (QED) is 0.742. The van der Waals surface area contributed by atoms with E-state index in [4.69, 9.17) is 5.73 Å². The van der Waals surface area contributed by atoms with E-state index in [2.05, 4.69) is 10.6 Å². The van der Waals surface area contributed by atoms with E-state index in [1.807, 2.05) is 6.92 Å². The predicted molar refractivity (Wildman–Crippen MR) is 73.8 cm³/mol.